The predicted molar refractivity (Wildman–Crippen MR) is 131 cm³/mol. The standard InChI is InChI=1S/C26H29NO2S2/c28-26(29)23-14-15-27(23)19-21-12-13-25(22(18-21)24-11-7-17-31-24)30-16-6-2-5-10-20-8-3-1-4-9-20/h1,3-4,7-9,11-13,17-18,23H,2,5-6,10,14-16,19H2,(H,28,29). The van der Waals surface area contributed by atoms with Crippen molar-refractivity contribution in [2.24, 2.45) is 0 Å². The second-order valence-electron chi connectivity index (χ2n) is 8.07. The Bertz CT molecular complexity index is 972. The van der Waals surface area contributed by atoms with Crippen molar-refractivity contribution in [1.29, 1.82) is 0 Å². The van der Waals surface area contributed by atoms with Crippen LogP contribution in [0.5, 0.6) is 0 Å². The van der Waals surface area contributed by atoms with Gasteiger partial charge in [0.1, 0.15) is 6.04 Å². The number of likely N-dealkylation sites (tertiary alicyclic amines) is 1. The minimum Gasteiger partial charge on any atom is -0.480 e. The first-order valence-electron chi connectivity index (χ1n) is 11.0. The number of hydrogen-bond donors (Lipinski definition) is 1. The highest BCUT2D eigenvalue weighted by molar-refractivity contribution is 7.99. The van der Waals surface area contributed by atoms with Crippen molar-refractivity contribution in [3.05, 3.63) is 77.2 Å². The summed E-state index contributed by atoms with van der Waals surface area (Å²) in [6.07, 6.45) is 5.62. The molecule has 2 aromatic carbocycles. The lowest BCUT2D eigenvalue weighted by Crippen LogP contribution is -2.51. The SMILES string of the molecule is O=C(O)C1CCN1Cc1ccc(SCCCCCc2ccccc2)c(-c2cccs2)c1. The molecule has 1 atom stereocenters. The van der Waals surface area contributed by atoms with Gasteiger partial charge >= 0.3 is 5.97 Å². The smallest absolute Gasteiger partial charge is 0.320 e. The van der Waals surface area contributed by atoms with Gasteiger partial charge in [-0.1, -0.05) is 48.9 Å². The summed E-state index contributed by atoms with van der Waals surface area (Å²) in [7, 11) is 0. The van der Waals surface area contributed by atoms with Gasteiger partial charge in [-0.15, -0.1) is 23.1 Å². The number of aryl methyl sites for hydroxylation is 1. The molecule has 0 saturated carbocycles. The maximum absolute atomic E-state index is 11.3. The van der Waals surface area contributed by atoms with Crippen molar-refractivity contribution in [1.82, 2.24) is 4.90 Å². The van der Waals surface area contributed by atoms with E-state index in [9.17, 15) is 9.90 Å². The second-order valence-corrected chi connectivity index (χ2v) is 10.2. The normalized spacial score (nSPS) is 16.2. The number of carboxylic acid groups (broad SMARTS) is 1. The van der Waals surface area contributed by atoms with Gasteiger partial charge in [-0.2, -0.15) is 0 Å². The molecule has 0 aliphatic carbocycles. The monoisotopic (exact) mass is 451 g/mol. The number of thioether (sulfide) groups is 1. The van der Waals surface area contributed by atoms with Gasteiger partial charge in [-0.05, 0) is 66.1 Å². The summed E-state index contributed by atoms with van der Waals surface area (Å²) in [5.74, 6) is 0.420. The lowest BCUT2D eigenvalue weighted by Gasteiger charge is -2.38. The summed E-state index contributed by atoms with van der Waals surface area (Å²) in [5.41, 5.74) is 3.91. The molecule has 1 aliphatic rings. The summed E-state index contributed by atoms with van der Waals surface area (Å²) >= 11 is 3.71. The van der Waals surface area contributed by atoms with Crippen LogP contribution in [-0.4, -0.2) is 34.3 Å². The molecule has 0 amide bonds. The Morgan fingerprint density at radius 2 is 1.90 bits per heavy atom. The Kier molecular flexibility index (Phi) is 7.84. The van der Waals surface area contributed by atoms with Crippen molar-refractivity contribution in [2.45, 2.75) is 49.6 Å². The summed E-state index contributed by atoms with van der Waals surface area (Å²) in [5, 5.41) is 11.4. The minimum atomic E-state index is -0.704. The van der Waals surface area contributed by atoms with Crippen LogP contribution in [0.3, 0.4) is 0 Å². The van der Waals surface area contributed by atoms with E-state index in [1.165, 1.54) is 45.7 Å². The first-order valence-corrected chi connectivity index (χ1v) is 12.9. The van der Waals surface area contributed by atoms with Gasteiger partial charge in [-0.25, -0.2) is 0 Å². The van der Waals surface area contributed by atoms with E-state index in [2.05, 4.69) is 70.9 Å². The number of unbranched alkanes of at least 4 members (excludes halogenated alkanes) is 2. The number of aliphatic carboxylic acids is 1. The zero-order valence-corrected chi connectivity index (χ0v) is 19.3. The molecular weight excluding hydrogens is 422 g/mol. The van der Waals surface area contributed by atoms with Gasteiger partial charge < -0.3 is 5.11 Å². The van der Waals surface area contributed by atoms with E-state index in [1.54, 1.807) is 11.3 Å². The van der Waals surface area contributed by atoms with E-state index in [0.717, 1.165) is 25.1 Å². The maximum Gasteiger partial charge on any atom is 0.320 e. The predicted octanol–water partition coefficient (Wildman–Crippen LogP) is 6.58. The Morgan fingerprint density at radius 3 is 2.61 bits per heavy atom. The van der Waals surface area contributed by atoms with Gasteiger partial charge in [0.15, 0.2) is 0 Å². The summed E-state index contributed by atoms with van der Waals surface area (Å²) in [6, 6.07) is 21.3. The van der Waals surface area contributed by atoms with Gasteiger partial charge in [-0.3, -0.25) is 9.69 Å². The lowest BCUT2D eigenvalue weighted by atomic mass is 10.0. The van der Waals surface area contributed by atoms with Gasteiger partial charge in [0, 0.05) is 28.4 Å². The number of carbonyl (C=O) groups is 1. The zero-order valence-electron chi connectivity index (χ0n) is 17.7. The van der Waals surface area contributed by atoms with Crippen LogP contribution in [0.1, 0.15) is 36.8 Å². The van der Waals surface area contributed by atoms with Crippen LogP contribution >= 0.6 is 23.1 Å². The zero-order chi connectivity index (χ0) is 21.5. The average Bonchev–Trinajstić information content (AvgIpc) is 3.29. The minimum absolute atomic E-state index is 0.324. The largest absolute Gasteiger partial charge is 0.480 e. The van der Waals surface area contributed by atoms with Crippen LogP contribution in [0.25, 0.3) is 10.4 Å². The molecule has 1 saturated heterocycles. The first kappa shape index (κ1) is 22.1. The Balaban J connectivity index is 1.33. The molecule has 2 heterocycles. The fourth-order valence-electron chi connectivity index (χ4n) is 4.00. The van der Waals surface area contributed by atoms with Crippen molar-refractivity contribution >= 4 is 29.1 Å². The highest BCUT2D eigenvalue weighted by Crippen LogP contribution is 2.36. The molecule has 0 bridgehead atoms. The van der Waals surface area contributed by atoms with E-state index in [-0.39, 0.29) is 6.04 Å². The van der Waals surface area contributed by atoms with Crippen molar-refractivity contribution in [3.8, 4) is 10.4 Å². The Hall–Kier alpha value is -2.08. The summed E-state index contributed by atoms with van der Waals surface area (Å²) in [4.78, 5) is 16.0. The van der Waals surface area contributed by atoms with E-state index in [1.807, 2.05) is 11.8 Å². The topological polar surface area (TPSA) is 40.5 Å². The van der Waals surface area contributed by atoms with Crippen LogP contribution in [0.2, 0.25) is 0 Å². The molecular formula is C26H29NO2S2. The van der Waals surface area contributed by atoms with E-state index in [4.69, 9.17) is 0 Å². The second kappa shape index (κ2) is 11.0. The third kappa shape index (κ3) is 6.00. The number of benzene rings is 2. The number of thiophene rings is 1. The first-order chi connectivity index (χ1) is 15.2. The maximum atomic E-state index is 11.3. The Morgan fingerprint density at radius 1 is 1.03 bits per heavy atom. The van der Waals surface area contributed by atoms with Gasteiger partial charge in [0.25, 0.3) is 0 Å². The van der Waals surface area contributed by atoms with Crippen LogP contribution in [0.15, 0.2) is 70.9 Å². The van der Waals surface area contributed by atoms with Crippen molar-refractivity contribution in [2.75, 3.05) is 12.3 Å². The van der Waals surface area contributed by atoms with E-state index >= 15 is 0 Å². The van der Waals surface area contributed by atoms with Crippen LogP contribution in [0.4, 0.5) is 0 Å². The van der Waals surface area contributed by atoms with Gasteiger partial charge in [0.2, 0.25) is 0 Å². The van der Waals surface area contributed by atoms with Crippen LogP contribution < -0.4 is 0 Å². The fraction of sp³-hybridized carbons (Fsp3) is 0.346. The lowest BCUT2D eigenvalue weighted by molar-refractivity contribution is -0.148. The van der Waals surface area contributed by atoms with Crippen molar-refractivity contribution < 1.29 is 9.90 Å². The molecule has 5 heteroatoms. The molecule has 0 radical (unpaired) electrons. The van der Waals surface area contributed by atoms with Crippen molar-refractivity contribution in [3.63, 3.8) is 0 Å². The molecule has 1 aromatic heterocycles. The fourth-order valence-corrected chi connectivity index (χ4v) is 5.88. The number of hydrogen-bond acceptors (Lipinski definition) is 4. The van der Waals surface area contributed by atoms with Crippen LogP contribution in [0, 0.1) is 0 Å². The molecule has 1 unspecified atom stereocenters. The highest BCUT2D eigenvalue weighted by Gasteiger charge is 2.33. The molecule has 3 nitrogen and oxygen atoms in total. The molecule has 0 spiro atoms. The highest BCUT2D eigenvalue weighted by atomic mass is 32.2. The van der Waals surface area contributed by atoms with Gasteiger partial charge in [0.05, 0.1) is 0 Å². The average molecular weight is 452 g/mol. The molecule has 1 fully saturated rings. The summed E-state index contributed by atoms with van der Waals surface area (Å²) < 4.78 is 0. The molecule has 4 rings (SSSR count). The third-order valence-electron chi connectivity index (χ3n) is 5.84. The third-order valence-corrected chi connectivity index (χ3v) is 7.90. The molecule has 31 heavy (non-hydrogen) atoms. The molecule has 3 aromatic rings. The number of nitrogens with zero attached hydrogens (tertiary/aromatic N) is 1. The number of rotatable bonds is 11. The molecule has 162 valence electrons. The Labute approximate surface area is 193 Å². The molecule has 1 N–H and O–H groups in total. The summed E-state index contributed by atoms with van der Waals surface area (Å²) in [6.45, 7) is 1.57. The quantitative estimate of drug-likeness (QED) is 0.264. The molecule has 1 aliphatic heterocycles. The van der Waals surface area contributed by atoms with Crippen LogP contribution in [-0.2, 0) is 17.8 Å². The van der Waals surface area contributed by atoms with E-state index < -0.39 is 5.97 Å². The van der Waals surface area contributed by atoms with E-state index in [0.29, 0.717) is 6.54 Å². The number of carboxylic acids is 1.